The smallest absolute Gasteiger partial charge is 0.297 e. The van der Waals surface area contributed by atoms with Crippen LogP contribution in [0.5, 0.6) is 0 Å². The molecule has 0 saturated carbocycles. The van der Waals surface area contributed by atoms with E-state index in [1.807, 2.05) is 38.1 Å². The van der Waals surface area contributed by atoms with Gasteiger partial charge in [0.15, 0.2) is 5.69 Å². The Morgan fingerprint density at radius 1 is 0.656 bits per heavy atom. The van der Waals surface area contributed by atoms with Crippen molar-refractivity contribution >= 4 is 41.9 Å². The minimum atomic E-state index is -3.94. The summed E-state index contributed by atoms with van der Waals surface area (Å²) in [5.74, 6) is -2.53. The molecule has 4 heterocycles. The average molecular weight is 935 g/mol. The second kappa shape index (κ2) is 18.8. The maximum Gasteiger partial charge on any atom is 0.297 e. The summed E-state index contributed by atoms with van der Waals surface area (Å²) >= 11 is 3.54. The normalized spacial score (nSPS) is 21.4. The summed E-state index contributed by atoms with van der Waals surface area (Å²) in [6.45, 7) is 11.4. The summed E-state index contributed by atoms with van der Waals surface area (Å²) in [6.07, 6.45) is 4.92. The third-order valence-corrected chi connectivity index (χ3v) is 12.8. The van der Waals surface area contributed by atoms with E-state index in [2.05, 4.69) is 41.2 Å². The standard InChI is InChI=1S/C21H20N4O5S.C20H20BrN3O5S/c1-16-7-9-18(10-8-16)31(26,27)29-14-17-13-28-21(30-17,15-25-23-11-12-24-25)19-5-3-4-6-20(19)22-2;1-15-6-8-17(9-7-15)30(25,26)28-13-16-12-27-20(29-16,14-24-22-10-11-23-24)18-4-2-3-5-19(18)21/h3-12,17H,13-15H2,1H3;2-11,16H,12-14H2,1H3/t17-,21+;16-,20+/m11/s1. The molecule has 2 fully saturated rings. The van der Waals surface area contributed by atoms with Gasteiger partial charge in [-0.05, 0) is 44.2 Å². The van der Waals surface area contributed by atoms with Crippen molar-refractivity contribution in [2.24, 2.45) is 0 Å². The zero-order chi connectivity index (χ0) is 43.1. The number of para-hydroxylation sites is 1. The minimum absolute atomic E-state index is 0.0716. The largest absolute Gasteiger partial charge is 0.342 e. The molecule has 2 aromatic heterocycles. The van der Waals surface area contributed by atoms with E-state index in [4.69, 9.17) is 33.9 Å². The lowest BCUT2D eigenvalue weighted by molar-refractivity contribution is -0.193. The highest BCUT2D eigenvalue weighted by Crippen LogP contribution is 2.41. The van der Waals surface area contributed by atoms with Crippen molar-refractivity contribution in [2.45, 2.75) is 60.5 Å². The first-order chi connectivity index (χ1) is 29.3. The molecule has 61 heavy (non-hydrogen) atoms. The summed E-state index contributed by atoms with van der Waals surface area (Å²) in [5, 5.41) is 16.5. The molecule has 318 valence electrons. The first kappa shape index (κ1) is 43.9. The molecule has 2 aliphatic rings. The fourth-order valence-electron chi connectivity index (χ4n) is 6.48. The number of rotatable bonds is 14. The van der Waals surface area contributed by atoms with Gasteiger partial charge in [-0.3, -0.25) is 8.37 Å². The lowest BCUT2D eigenvalue weighted by Gasteiger charge is -2.29. The Bertz CT molecular complexity index is 2670. The molecule has 8 rings (SSSR count). The molecule has 0 spiro atoms. The second-order valence-electron chi connectivity index (χ2n) is 13.9. The van der Waals surface area contributed by atoms with Crippen LogP contribution in [0.25, 0.3) is 4.85 Å². The van der Waals surface area contributed by atoms with Gasteiger partial charge in [0, 0.05) is 15.6 Å². The van der Waals surface area contributed by atoms with Crippen LogP contribution in [0.15, 0.2) is 136 Å². The van der Waals surface area contributed by atoms with Crippen molar-refractivity contribution in [1.82, 2.24) is 30.0 Å². The highest BCUT2D eigenvalue weighted by Gasteiger charge is 2.47. The number of nitrogens with zero attached hydrogens (tertiary/aromatic N) is 7. The maximum atomic E-state index is 12.5. The Morgan fingerprint density at radius 3 is 1.51 bits per heavy atom. The van der Waals surface area contributed by atoms with E-state index < -0.39 is 44.0 Å². The summed E-state index contributed by atoms with van der Waals surface area (Å²) < 4.78 is 85.7. The van der Waals surface area contributed by atoms with E-state index in [0.717, 1.165) is 21.2 Å². The fraction of sp³-hybridized carbons (Fsp3) is 0.293. The van der Waals surface area contributed by atoms with Gasteiger partial charge in [-0.2, -0.15) is 46.8 Å². The molecule has 0 aliphatic carbocycles. The first-order valence-corrected chi connectivity index (χ1v) is 22.4. The van der Waals surface area contributed by atoms with Crippen LogP contribution in [0.1, 0.15) is 22.3 Å². The topological polar surface area (TPSA) is 189 Å². The lowest BCUT2D eigenvalue weighted by Crippen LogP contribution is -2.35. The molecule has 4 aromatic carbocycles. The van der Waals surface area contributed by atoms with Crippen molar-refractivity contribution in [2.75, 3.05) is 26.4 Å². The predicted molar refractivity (Wildman–Crippen MR) is 221 cm³/mol. The highest BCUT2D eigenvalue weighted by molar-refractivity contribution is 9.10. The van der Waals surface area contributed by atoms with Crippen LogP contribution in [0.4, 0.5) is 5.69 Å². The van der Waals surface area contributed by atoms with Gasteiger partial charge in [-0.15, -0.1) is 0 Å². The van der Waals surface area contributed by atoms with Crippen molar-refractivity contribution < 1.29 is 44.1 Å². The van der Waals surface area contributed by atoms with Crippen molar-refractivity contribution in [3.05, 3.63) is 160 Å². The van der Waals surface area contributed by atoms with E-state index >= 15 is 0 Å². The molecule has 0 unspecified atom stereocenters. The molecule has 6 aromatic rings. The van der Waals surface area contributed by atoms with E-state index in [1.165, 1.54) is 46.3 Å². The van der Waals surface area contributed by atoms with Gasteiger partial charge in [0.1, 0.15) is 25.3 Å². The summed E-state index contributed by atoms with van der Waals surface area (Å²) in [7, 11) is -7.84. The highest BCUT2D eigenvalue weighted by atomic mass is 79.9. The zero-order valence-electron chi connectivity index (χ0n) is 32.9. The average Bonchev–Trinajstić information content (AvgIpc) is 4.11. The molecule has 17 nitrogen and oxygen atoms in total. The Balaban J connectivity index is 0.000000184. The van der Waals surface area contributed by atoms with E-state index in [9.17, 15) is 16.8 Å². The third kappa shape index (κ3) is 10.5. The molecule has 20 heteroatoms. The SMILES string of the molecule is Cc1ccc(S(=O)(=O)OC[C@H]2CO[C@](Cn3nccn3)(c3ccccc3Br)O2)cc1.[C-]#[N+]c1ccccc1[C@@]1(Cn2nccn2)OC[C@H](COS(=O)(=O)c2ccc(C)cc2)O1. The minimum Gasteiger partial charge on any atom is -0.342 e. The molecule has 0 bridgehead atoms. The van der Waals surface area contributed by atoms with E-state index in [0.29, 0.717) is 11.3 Å². The monoisotopic (exact) mass is 933 g/mol. The molecule has 0 radical (unpaired) electrons. The molecule has 2 aliphatic heterocycles. The van der Waals surface area contributed by atoms with Gasteiger partial charge in [-0.1, -0.05) is 93.8 Å². The third-order valence-electron chi connectivity index (χ3n) is 9.51. The Labute approximate surface area is 361 Å². The van der Waals surface area contributed by atoms with Crippen LogP contribution in [0.2, 0.25) is 0 Å². The van der Waals surface area contributed by atoms with Crippen LogP contribution in [-0.2, 0) is 72.2 Å². The Hall–Kier alpha value is -5.21. The van der Waals surface area contributed by atoms with Crippen molar-refractivity contribution in [3.63, 3.8) is 0 Å². The quantitative estimate of drug-likeness (QED) is 0.0937. The number of halogens is 1. The molecule has 0 N–H and O–H groups in total. The van der Waals surface area contributed by atoms with Crippen LogP contribution in [0.3, 0.4) is 0 Å². The first-order valence-electron chi connectivity index (χ1n) is 18.8. The summed E-state index contributed by atoms with van der Waals surface area (Å²) in [4.78, 5) is 6.59. The number of hydrogen-bond donors (Lipinski definition) is 0. The van der Waals surface area contributed by atoms with Crippen LogP contribution >= 0.6 is 15.9 Å². The molecule has 2 saturated heterocycles. The van der Waals surface area contributed by atoms with Gasteiger partial charge in [-0.25, -0.2) is 4.85 Å². The maximum absolute atomic E-state index is 12.5. The molecular formula is C41H40BrN7O10S2. The van der Waals surface area contributed by atoms with Crippen LogP contribution < -0.4 is 0 Å². The van der Waals surface area contributed by atoms with Gasteiger partial charge in [0.25, 0.3) is 20.2 Å². The van der Waals surface area contributed by atoms with Crippen molar-refractivity contribution in [1.29, 1.82) is 0 Å². The summed E-state index contributed by atoms with van der Waals surface area (Å²) in [5.41, 5.74) is 3.55. The van der Waals surface area contributed by atoms with Gasteiger partial charge >= 0.3 is 0 Å². The number of aromatic nitrogens is 6. The van der Waals surface area contributed by atoms with Crippen molar-refractivity contribution in [3.8, 4) is 0 Å². The number of ether oxygens (including phenoxy) is 4. The van der Waals surface area contributed by atoms with Gasteiger partial charge < -0.3 is 18.9 Å². The molecular weight excluding hydrogens is 895 g/mol. The van der Waals surface area contributed by atoms with Gasteiger partial charge in [0.05, 0.1) is 67.6 Å². The fourth-order valence-corrected chi connectivity index (χ4v) is 8.93. The van der Waals surface area contributed by atoms with Crippen LogP contribution in [-0.4, -0.2) is 85.5 Å². The number of benzene rings is 4. The Kier molecular flexibility index (Phi) is 13.5. The predicted octanol–water partition coefficient (Wildman–Crippen LogP) is 5.83. The zero-order valence-corrected chi connectivity index (χ0v) is 36.1. The Morgan fingerprint density at radius 2 is 1.07 bits per heavy atom. The number of hydrogen-bond acceptors (Lipinski definition) is 14. The van der Waals surface area contributed by atoms with E-state index in [-0.39, 0.29) is 49.3 Å². The van der Waals surface area contributed by atoms with Gasteiger partial charge in [0.2, 0.25) is 11.6 Å². The molecule has 0 amide bonds. The van der Waals surface area contributed by atoms with E-state index in [1.54, 1.807) is 60.9 Å². The second-order valence-corrected chi connectivity index (χ2v) is 18.0. The summed E-state index contributed by atoms with van der Waals surface area (Å²) in [6, 6.07) is 27.3. The number of aryl methyl sites for hydroxylation is 2. The lowest BCUT2D eigenvalue weighted by atomic mass is 10.0. The van der Waals surface area contributed by atoms with Crippen LogP contribution in [0, 0.1) is 20.4 Å². The molecule has 4 atom stereocenters.